The maximum absolute atomic E-state index is 11.6. The third-order valence-electron chi connectivity index (χ3n) is 2.72. The molecule has 8 nitrogen and oxygen atoms in total. The molecule has 0 heterocycles. The topological polar surface area (TPSA) is 142 Å². The number of carboxylic acids is 2. The molecule has 0 aliphatic carbocycles. The Hall–Kier alpha value is -1.83. The SMILES string of the molecule is C[C@@H](CCCCN)NC(=O)N[C@@H](CCC(=O)O)C(=O)O. The molecule has 0 aliphatic heterocycles. The van der Waals surface area contributed by atoms with Gasteiger partial charge in [0.05, 0.1) is 0 Å². The highest BCUT2D eigenvalue weighted by atomic mass is 16.4. The number of nitrogens with one attached hydrogen (secondary N) is 2. The van der Waals surface area contributed by atoms with E-state index in [-0.39, 0.29) is 18.9 Å². The Labute approximate surface area is 117 Å². The van der Waals surface area contributed by atoms with Gasteiger partial charge >= 0.3 is 18.0 Å². The molecule has 0 aromatic heterocycles. The zero-order valence-corrected chi connectivity index (χ0v) is 11.6. The van der Waals surface area contributed by atoms with Gasteiger partial charge in [-0.1, -0.05) is 6.42 Å². The predicted octanol–water partition coefficient (Wildman–Crippen LogP) is 0.121. The second-order valence-electron chi connectivity index (χ2n) is 4.63. The van der Waals surface area contributed by atoms with Crippen LogP contribution in [0.5, 0.6) is 0 Å². The number of rotatable bonds is 10. The number of unbranched alkanes of at least 4 members (excludes halogenated alkanes) is 1. The normalized spacial score (nSPS) is 13.3. The molecule has 0 fully saturated rings. The number of hydrogen-bond acceptors (Lipinski definition) is 4. The molecule has 0 aromatic carbocycles. The Kier molecular flexibility index (Phi) is 9.10. The summed E-state index contributed by atoms with van der Waals surface area (Å²) in [6, 6.07) is -1.92. The van der Waals surface area contributed by atoms with E-state index in [4.69, 9.17) is 15.9 Å². The van der Waals surface area contributed by atoms with E-state index in [1.807, 2.05) is 6.92 Å². The zero-order chi connectivity index (χ0) is 15.5. The average Bonchev–Trinajstić information content (AvgIpc) is 2.34. The summed E-state index contributed by atoms with van der Waals surface area (Å²) < 4.78 is 0. The van der Waals surface area contributed by atoms with Crippen LogP contribution in [0.1, 0.15) is 39.0 Å². The average molecular weight is 289 g/mol. The molecule has 0 aliphatic rings. The van der Waals surface area contributed by atoms with Crippen LogP contribution in [0, 0.1) is 0 Å². The van der Waals surface area contributed by atoms with E-state index < -0.39 is 24.0 Å². The number of hydrogen-bond donors (Lipinski definition) is 5. The van der Waals surface area contributed by atoms with Crippen molar-refractivity contribution >= 4 is 18.0 Å². The minimum absolute atomic E-state index is 0.101. The van der Waals surface area contributed by atoms with Gasteiger partial charge in [-0.15, -0.1) is 0 Å². The van der Waals surface area contributed by atoms with Crippen molar-refractivity contribution in [1.29, 1.82) is 0 Å². The van der Waals surface area contributed by atoms with Crippen LogP contribution in [-0.2, 0) is 9.59 Å². The highest BCUT2D eigenvalue weighted by Crippen LogP contribution is 2.01. The van der Waals surface area contributed by atoms with Crippen LogP contribution >= 0.6 is 0 Å². The third-order valence-corrected chi connectivity index (χ3v) is 2.72. The quantitative estimate of drug-likeness (QED) is 0.362. The van der Waals surface area contributed by atoms with E-state index in [0.29, 0.717) is 6.54 Å². The first kappa shape index (κ1) is 18.2. The van der Waals surface area contributed by atoms with E-state index >= 15 is 0 Å². The van der Waals surface area contributed by atoms with Crippen molar-refractivity contribution in [3.63, 3.8) is 0 Å². The lowest BCUT2D eigenvalue weighted by atomic mass is 10.1. The summed E-state index contributed by atoms with van der Waals surface area (Å²) in [5.41, 5.74) is 5.36. The Bertz CT molecular complexity index is 335. The Balaban J connectivity index is 4.11. The largest absolute Gasteiger partial charge is 0.481 e. The van der Waals surface area contributed by atoms with Crippen molar-refractivity contribution in [3.05, 3.63) is 0 Å². The lowest BCUT2D eigenvalue weighted by Gasteiger charge is -2.18. The van der Waals surface area contributed by atoms with Gasteiger partial charge in [0, 0.05) is 12.5 Å². The fourth-order valence-corrected chi connectivity index (χ4v) is 1.62. The van der Waals surface area contributed by atoms with E-state index in [0.717, 1.165) is 19.3 Å². The van der Waals surface area contributed by atoms with Crippen LogP contribution in [0.15, 0.2) is 0 Å². The fourth-order valence-electron chi connectivity index (χ4n) is 1.62. The second kappa shape index (κ2) is 10.0. The van der Waals surface area contributed by atoms with Gasteiger partial charge in [-0.3, -0.25) is 4.79 Å². The third kappa shape index (κ3) is 9.15. The zero-order valence-electron chi connectivity index (χ0n) is 11.6. The Morgan fingerprint density at radius 1 is 1.10 bits per heavy atom. The van der Waals surface area contributed by atoms with Crippen LogP contribution < -0.4 is 16.4 Å². The number of urea groups is 1. The monoisotopic (exact) mass is 289 g/mol. The highest BCUT2D eigenvalue weighted by molar-refractivity contribution is 5.83. The summed E-state index contributed by atoms with van der Waals surface area (Å²) in [6.07, 6.45) is 2.02. The molecule has 0 saturated carbocycles. The van der Waals surface area contributed by atoms with Crippen molar-refractivity contribution in [2.75, 3.05) is 6.54 Å². The first-order valence-corrected chi connectivity index (χ1v) is 6.58. The standard InChI is InChI=1S/C12H23N3O5/c1-8(4-2-3-7-13)14-12(20)15-9(11(18)19)5-6-10(16)17/h8-9H,2-7,13H2,1H3,(H,16,17)(H,18,19)(H2,14,15,20)/t8-,9-/m0/s1. The number of carboxylic acid groups (broad SMARTS) is 2. The Morgan fingerprint density at radius 3 is 2.25 bits per heavy atom. The van der Waals surface area contributed by atoms with Crippen molar-refractivity contribution in [2.45, 2.75) is 51.1 Å². The van der Waals surface area contributed by atoms with E-state index in [9.17, 15) is 14.4 Å². The second-order valence-corrected chi connectivity index (χ2v) is 4.63. The molecule has 0 radical (unpaired) electrons. The van der Waals surface area contributed by atoms with E-state index in [1.165, 1.54) is 0 Å². The van der Waals surface area contributed by atoms with Gasteiger partial charge in [0.15, 0.2) is 0 Å². The van der Waals surface area contributed by atoms with Gasteiger partial charge in [-0.25, -0.2) is 9.59 Å². The number of carbonyl (C=O) groups excluding carboxylic acids is 1. The summed E-state index contributed by atoms with van der Waals surface area (Å²) >= 11 is 0. The van der Waals surface area contributed by atoms with E-state index in [1.54, 1.807) is 0 Å². The molecule has 2 atom stereocenters. The lowest BCUT2D eigenvalue weighted by molar-refractivity contribution is -0.140. The number of aliphatic carboxylic acids is 2. The number of carbonyl (C=O) groups is 3. The van der Waals surface area contributed by atoms with Gasteiger partial charge in [0.2, 0.25) is 0 Å². The predicted molar refractivity (Wildman–Crippen MR) is 72.3 cm³/mol. The van der Waals surface area contributed by atoms with Gasteiger partial charge in [0.1, 0.15) is 6.04 Å². The summed E-state index contributed by atoms with van der Waals surface area (Å²) in [7, 11) is 0. The minimum Gasteiger partial charge on any atom is -0.481 e. The molecule has 0 aromatic rings. The number of nitrogens with two attached hydrogens (primary N) is 1. The fraction of sp³-hybridized carbons (Fsp3) is 0.750. The molecular weight excluding hydrogens is 266 g/mol. The molecule has 0 saturated heterocycles. The molecule has 2 amide bonds. The van der Waals surface area contributed by atoms with Crippen molar-refractivity contribution in [2.24, 2.45) is 5.73 Å². The van der Waals surface area contributed by atoms with Crippen LogP contribution in [0.2, 0.25) is 0 Å². The smallest absolute Gasteiger partial charge is 0.326 e. The maximum Gasteiger partial charge on any atom is 0.326 e. The van der Waals surface area contributed by atoms with Crippen LogP contribution in [0.25, 0.3) is 0 Å². The molecule has 0 spiro atoms. The molecule has 116 valence electrons. The van der Waals surface area contributed by atoms with Crippen LogP contribution in [-0.4, -0.2) is 46.8 Å². The summed E-state index contributed by atoms with van der Waals surface area (Å²) in [4.78, 5) is 32.9. The van der Waals surface area contributed by atoms with Crippen LogP contribution in [0.3, 0.4) is 0 Å². The molecule has 0 bridgehead atoms. The summed E-state index contributed by atoms with van der Waals surface area (Å²) in [6.45, 7) is 2.40. The van der Waals surface area contributed by atoms with Gasteiger partial charge < -0.3 is 26.6 Å². The van der Waals surface area contributed by atoms with Crippen LogP contribution in [0.4, 0.5) is 4.79 Å². The Morgan fingerprint density at radius 2 is 1.75 bits per heavy atom. The van der Waals surface area contributed by atoms with Crippen molar-refractivity contribution in [1.82, 2.24) is 10.6 Å². The van der Waals surface area contributed by atoms with E-state index in [2.05, 4.69) is 10.6 Å². The van der Waals surface area contributed by atoms with Gasteiger partial charge in [0.25, 0.3) is 0 Å². The molecule has 8 heteroatoms. The molecule has 20 heavy (non-hydrogen) atoms. The minimum atomic E-state index is -1.25. The first-order valence-electron chi connectivity index (χ1n) is 6.58. The molecule has 0 unspecified atom stereocenters. The lowest BCUT2D eigenvalue weighted by Crippen LogP contribution is -2.48. The maximum atomic E-state index is 11.6. The van der Waals surface area contributed by atoms with Gasteiger partial charge in [-0.2, -0.15) is 0 Å². The number of amides is 2. The summed E-state index contributed by atoms with van der Waals surface area (Å²) in [5, 5.41) is 22.3. The molecular formula is C12H23N3O5. The van der Waals surface area contributed by atoms with Gasteiger partial charge in [-0.05, 0) is 32.7 Å². The molecule has 6 N–H and O–H groups in total. The highest BCUT2D eigenvalue weighted by Gasteiger charge is 2.21. The summed E-state index contributed by atoms with van der Waals surface area (Å²) in [5.74, 6) is -2.36. The molecule has 0 rings (SSSR count). The first-order chi connectivity index (χ1) is 9.36. The van der Waals surface area contributed by atoms with Crippen molar-refractivity contribution < 1.29 is 24.6 Å². The van der Waals surface area contributed by atoms with Crippen molar-refractivity contribution in [3.8, 4) is 0 Å².